The number of hydrogen-bond acceptors (Lipinski definition) is 2. The van der Waals surface area contributed by atoms with E-state index in [9.17, 15) is 9.18 Å². The van der Waals surface area contributed by atoms with E-state index >= 15 is 0 Å². The Morgan fingerprint density at radius 2 is 1.89 bits per heavy atom. The van der Waals surface area contributed by atoms with Crippen LogP contribution < -0.4 is 10.9 Å². The topological polar surface area (TPSA) is 34.0 Å². The summed E-state index contributed by atoms with van der Waals surface area (Å²) in [6.45, 7) is 0.915. The molecule has 1 aromatic carbocycles. The van der Waals surface area contributed by atoms with E-state index < -0.39 is 5.82 Å². The van der Waals surface area contributed by atoms with Crippen molar-refractivity contribution in [2.75, 3.05) is 11.9 Å². The number of rotatable bonds is 4. The second-order valence-corrected chi connectivity index (χ2v) is 4.72. The lowest BCUT2D eigenvalue weighted by Gasteiger charge is -2.11. The van der Waals surface area contributed by atoms with Crippen molar-refractivity contribution in [1.29, 1.82) is 0 Å². The van der Waals surface area contributed by atoms with E-state index in [0.717, 1.165) is 0 Å². The molecule has 0 spiro atoms. The van der Waals surface area contributed by atoms with Crippen molar-refractivity contribution in [3.63, 3.8) is 0 Å². The van der Waals surface area contributed by atoms with Gasteiger partial charge < -0.3 is 9.88 Å². The third-order valence-corrected chi connectivity index (χ3v) is 3.16. The normalized spacial score (nSPS) is 10.5. The summed E-state index contributed by atoms with van der Waals surface area (Å²) in [4.78, 5) is 11.5. The first kappa shape index (κ1) is 13.9. The molecule has 0 unspecified atom stereocenters. The predicted octanol–water partition coefficient (Wildman–Crippen LogP) is 3.41. The average Bonchev–Trinajstić information content (AvgIpc) is 2.34. The number of benzene rings is 1. The number of hydrogen-bond donors (Lipinski definition) is 1. The van der Waals surface area contributed by atoms with E-state index in [1.807, 2.05) is 0 Å². The van der Waals surface area contributed by atoms with Crippen LogP contribution in [0.2, 0.25) is 10.0 Å². The van der Waals surface area contributed by atoms with Gasteiger partial charge in [0.15, 0.2) is 0 Å². The third-order valence-electron chi connectivity index (χ3n) is 2.56. The third kappa shape index (κ3) is 3.49. The van der Waals surface area contributed by atoms with Crippen LogP contribution in [-0.4, -0.2) is 11.1 Å². The molecule has 0 radical (unpaired) electrons. The van der Waals surface area contributed by atoms with Gasteiger partial charge in [-0.2, -0.15) is 0 Å². The lowest BCUT2D eigenvalue weighted by atomic mass is 10.3. The Morgan fingerprint density at radius 3 is 2.53 bits per heavy atom. The van der Waals surface area contributed by atoms with Crippen LogP contribution in [0, 0.1) is 5.82 Å². The molecule has 0 aliphatic heterocycles. The largest absolute Gasteiger partial charge is 0.381 e. The molecule has 6 heteroatoms. The molecule has 0 fully saturated rings. The zero-order chi connectivity index (χ0) is 13.8. The first-order valence-corrected chi connectivity index (χ1v) is 6.37. The molecule has 0 aliphatic carbocycles. The maximum Gasteiger partial charge on any atom is 0.250 e. The van der Waals surface area contributed by atoms with Crippen molar-refractivity contribution in [2.45, 2.75) is 6.54 Å². The number of halogens is 3. The second kappa shape index (κ2) is 6.08. The van der Waals surface area contributed by atoms with Crippen molar-refractivity contribution >= 4 is 28.9 Å². The van der Waals surface area contributed by atoms with Crippen molar-refractivity contribution in [2.24, 2.45) is 0 Å². The predicted molar refractivity (Wildman–Crippen MR) is 75.6 cm³/mol. The summed E-state index contributed by atoms with van der Waals surface area (Å²) in [7, 11) is 0. The van der Waals surface area contributed by atoms with Crippen LogP contribution in [0.4, 0.5) is 10.1 Å². The minimum absolute atomic E-state index is 0.0828. The standard InChI is InChI=1S/C13H11Cl2FN2O/c14-10-7-9(16)8-11(15)13(10)17-4-6-18-5-2-1-3-12(18)19/h1-3,5,7-8,17H,4,6H2. The summed E-state index contributed by atoms with van der Waals surface area (Å²) in [5.41, 5.74) is 0.384. The Labute approximate surface area is 119 Å². The molecule has 1 heterocycles. The van der Waals surface area contributed by atoms with Crippen molar-refractivity contribution in [3.05, 3.63) is 62.7 Å². The number of anilines is 1. The van der Waals surface area contributed by atoms with Gasteiger partial charge in [-0.15, -0.1) is 0 Å². The van der Waals surface area contributed by atoms with E-state index in [1.54, 1.807) is 22.9 Å². The molecule has 2 aromatic rings. The van der Waals surface area contributed by atoms with Crippen LogP contribution >= 0.6 is 23.2 Å². The molecule has 100 valence electrons. The molecule has 2 rings (SSSR count). The number of nitrogens with one attached hydrogen (secondary N) is 1. The lowest BCUT2D eigenvalue weighted by molar-refractivity contribution is 0.628. The quantitative estimate of drug-likeness (QED) is 0.939. The molecule has 1 N–H and O–H groups in total. The van der Waals surface area contributed by atoms with Crippen LogP contribution in [0.3, 0.4) is 0 Å². The molecule has 0 saturated heterocycles. The summed E-state index contributed by atoms with van der Waals surface area (Å²) < 4.78 is 14.6. The average molecular weight is 301 g/mol. The fourth-order valence-electron chi connectivity index (χ4n) is 1.66. The number of pyridine rings is 1. The lowest BCUT2D eigenvalue weighted by Crippen LogP contribution is -2.22. The molecule has 0 atom stereocenters. The Kier molecular flexibility index (Phi) is 4.45. The highest BCUT2D eigenvalue weighted by Crippen LogP contribution is 2.31. The molecular formula is C13H11Cl2FN2O. The number of aromatic nitrogens is 1. The van der Waals surface area contributed by atoms with Crippen LogP contribution in [0.5, 0.6) is 0 Å². The Bertz CT molecular complexity index is 620. The number of nitrogens with zero attached hydrogens (tertiary/aromatic N) is 1. The summed E-state index contributed by atoms with van der Waals surface area (Å²) >= 11 is 11.8. The molecule has 3 nitrogen and oxygen atoms in total. The van der Waals surface area contributed by atoms with Crippen LogP contribution in [0.15, 0.2) is 41.3 Å². The van der Waals surface area contributed by atoms with E-state index in [4.69, 9.17) is 23.2 Å². The summed E-state index contributed by atoms with van der Waals surface area (Å²) in [5, 5.41) is 3.42. The van der Waals surface area contributed by atoms with Crippen molar-refractivity contribution in [3.8, 4) is 0 Å². The maximum absolute atomic E-state index is 13.0. The van der Waals surface area contributed by atoms with Gasteiger partial charge in [-0.1, -0.05) is 29.3 Å². The van der Waals surface area contributed by atoms with Gasteiger partial charge in [0.25, 0.3) is 5.56 Å². The smallest absolute Gasteiger partial charge is 0.250 e. The fraction of sp³-hybridized carbons (Fsp3) is 0.154. The maximum atomic E-state index is 13.0. The minimum Gasteiger partial charge on any atom is -0.381 e. The highest BCUT2D eigenvalue weighted by Gasteiger charge is 2.07. The zero-order valence-corrected chi connectivity index (χ0v) is 11.4. The second-order valence-electron chi connectivity index (χ2n) is 3.90. The van der Waals surface area contributed by atoms with E-state index in [2.05, 4.69) is 5.32 Å². The summed E-state index contributed by atoms with van der Waals surface area (Å²) in [6.07, 6.45) is 1.69. The van der Waals surface area contributed by atoms with Gasteiger partial charge in [0.05, 0.1) is 15.7 Å². The Hall–Kier alpha value is -1.52. The fourth-order valence-corrected chi connectivity index (χ4v) is 2.25. The SMILES string of the molecule is O=c1ccccn1CCNc1c(Cl)cc(F)cc1Cl. The molecule has 0 aliphatic rings. The zero-order valence-electron chi connectivity index (χ0n) is 9.87. The van der Waals surface area contributed by atoms with Crippen LogP contribution in [0.1, 0.15) is 0 Å². The molecule has 19 heavy (non-hydrogen) atoms. The highest BCUT2D eigenvalue weighted by atomic mass is 35.5. The first-order valence-electron chi connectivity index (χ1n) is 5.62. The van der Waals surface area contributed by atoms with Gasteiger partial charge in [-0.3, -0.25) is 4.79 Å². The molecule has 0 saturated carbocycles. The molecule has 0 amide bonds. The van der Waals surface area contributed by atoms with E-state index in [1.165, 1.54) is 18.2 Å². The van der Waals surface area contributed by atoms with Gasteiger partial charge in [0.1, 0.15) is 5.82 Å². The van der Waals surface area contributed by atoms with Crippen molar-refractivity contribution < 1.29 is 4.39 Å². The van der Waals surface area contributed by atoms with Gasteiger partial charge in [-0.05, 0) is 18.2 Å². The Morgan fingerprint density at radius 1 is 1.21 bits per heavy atom. The van der Waals surface area contributed by atoms with Gasteiger partial charge in [0, 0.05) is 25.4 Å². The highest BCUT2D eigenvalue weighted by molar-refractivity contribution is 6.39. The molecule has 1 aromatic heterocycles. The van der Waals surface area contributed by atoms with Gasteiger partial charge in [-0.25, -0.2) is 4.39 Å². The Balaban J connectivity index is 2.04. The van der Waals surface area contributed by atoms with Crippen molar-refractivity contribution in [1.82, 2.24) is 4.57 Å². The van der Waals surface area contributed by atoms with E-state index in [-0.39, 0.29) is 15.6 Å². The van der Waals surface area contributed by atoms with Crippen LogP contribution in [0.25, 0.3) is 0 Å². The van der Waals surface area contributed by atoms with Crippen LogP contribution in [-0.2, 0) is 6.54 Å². The molecule has 0 bridgehead atoms. The van der Waals surface area contributed by atoms with Gasteiger partial charge >= 0.3 is 0 Å². The van der Waals surface area contributed by atoms with Gasteiger partial charge in [0.2, 0.25) is 0 Å². The molecular weight excluding hydrogens is 290 g/mol. The first-order chi connectivity index (χ1) is 9.08. The van der Waals surface area contributed by atoms with E-state index in [0.29, 0.717) is 18.8 Å². The monoisotopic (exact) mass is 300 g/mol. The minimum atomic E-state index is -0.486. The summed E-state index contributed by atoms with van der Waals surface area (Å²) in [6, 6.07) is 7.31. The summed E-state index contributed by atoms with van der Waals surface area (Å²) in [5.74, 6) is -0.486.